The Labute approximate surface area is 120 Å². The zero-order valence-corrected chi connectivity index (χ0v) is 11.7. The van der Waals surface area contributed by atoms with Crippen molar-refractivity contribution in [3.8, 4) is 17.3 Å². The lowest BCUT2D eigenvalue weighted by molar-refractivity contribution is 0.733. The van der Waals surface area contributed by atoms with E-state index in [1.54, 1.807) is 24.3 Å². The van der Waals surface area contributed by atoms with Crippen molar-refractivity contribution < 1.29 is 0 Å². The maximum Gasteiger partial charge on any atom is 0.268 e. The second-order valence-corrected chi connectivity index (χ2v) is 4.76. The van der Waals surface area contributed by atoms with Gasteiger partial charge in [0.1, 0.15) is 11.6 Å². The lowest BCUT2D eigenvalue weighted by Gasteiger charge is -2.13. The third-order valence-electron chi connectivity index (χ3n) is 2.82. The standard InChI is InChI=1S/C14H10Cl2N2O/c1-2-18-13(6-3-9(8-17)14(18)19)11-7-10(15)4-5-12(11)16/h3-7H,2H2,1H3. The maximum absolute atomic E-state index is 12.1. The van der Waals surface area contributed by atoms with Crippen LogP contribution in [0.2, 0.25) is 10.0 Å². The zero-order chi connectivity index (χ0) is 14.0. The van der Waals surface area contributed by atoms with Gasteiger partial charge < -0.3 is 4.57 Å². The second kappa shape index (κ2) is 5.48. The van der Waals surface area contributed by atoms with E-state index >= 15 is 0 Å². The molecule has 96 valence electrons. The molecule has 0 radical (unpaired) electrons. The maximum atomic E-state index is 12.1. The number of halogens is 2. The van der Waals surface area contributed by atoms with Gasteiger partial charge in [-0.15, -0.1) is 0 Å². The van der Waals surface area contributed by atoms with Crippen molar-refractivity contribution >= 4 is 23.2 Å². The number of hydrogen-bond donors (Lipinski definition) is 0. The summed E-state index contributed by atoms with van der Waals surface area (Å²) in [6, 6.07) is 10.2. The molecule has 0 saturated heterocycles. The first-order valence-corrected chi connectivity index (χ1v) is 6.43. The quantitative estimate of drug-likeness (QED) is 0.847. The Morgan fingerprint density at radius 1 is 1.26 bits per heavy atom. The number of aromatic nitrogens is 1. The van der Waals surface area contributed by atoms with Gasteiger partial charge in [0, 0.05) is 22.2 Å². The molecule has 0 atom stereocenters. The van der Waals surface area contributed by atoms with Crippen LogP contribution in [0.1, 0.15) is 12.5 Å². The normalized spacial score (nSPS) is 10.2. The number of nitriles is 1. The van der Waals surface area contributed by atoms with Crippen molar-refractivity contribution in [2.24, 2.45) is 0 Å². The van der Waals surface area contributed by atoms with Gasteiger partial charge in [-0.1, -0.05) is 23.2 Å². The Bertz CT molecular complexity index is 729. The van der Waals surface area contributed by atoms with E-state index in [0.29, 0.717) is 27.8 Å². The van der Waals surface area contributed by atoms with E-state index in [-0.39, 0.29) is 11.1 Å². The van der Waals surface area contributed by atoms with Crippen molar-refractivity contribution in [3.63, 3.8) is 0 Å². The number of hydrogen-bond acceptors (Lipinski definition) is 2. The molecule has 0 fully saturated rings. The summed E-state index contributed by atoms with van der Waals surface area (Å²) < 4.78 is 1.51. The lowest BCUT2D eigenvalue weighted by atomic mass is 10.1. The van der Waals surface area contributed by atoms with Gasteiger partial charge in [0.25, 0.3) is 5.56 Å². The fraction of sp³-hybridized carbons (Fsp3) is 0.143. The highest BCUT2D eigenvalue weighted by molar-refractivity contribution is 6.35. The molecule has 1 heterocycles. The Morgan fingerprint density at radius 2 is 2.00 bits per heavy atom. The van der Waals surface area contributed by atoms with Crippen LogP contribution in [0.25, 0.3) is 11.3 Å². The van der Waals surface area contributed by atoms with E-state index in [9.17, 15) is 4.79 Å². The van der Waals surface area contributed by atoms with Gasteiger partial charge in [0.15, 0.2) is 0 Å². The van der Waals surface area contributed by atoms with Crippen molar-refractivity contribution in [2.45, 2.75) is 13.5 Å². The Balaban J connectivity index is 2.77. The average molecular weight is 293 g/mol. The molecule has 0 N–H and O–H groups in total. The van der Waals surface area contributed by atoms with Crippen molar-refractivity contribution in [3.05, 3.63) is 56.3 Å². The van der Waals surface area contributed by atoms with Gasteiger partial charge in [-0.25, -0.2) is 0 Å². The fourth-order valence-corrected chi connectivity index (χ4v) is 2.29. The molecule has 0 spiro atoms. The molecule has 0 aliphatic rings. The molecule has 0 aliphatic heterocycles. The van der Waals surface area contributed by atoms with Gasteiger partial charge in [-0.3, -0.25) is 4.79 Å². The van der Waals surface area contributed by atoms with Crippen LogP contribution >= 0.6 is 23.2 Å². The van der Waals surface area contributed by atoms with Crippen LogP contribution in [0.5, 0.6) is 0 Å². The molecule has 3 nitrogen and oxygen atoms in total. The SMILES string of the molecule is CCn1c(-c2cc(Cl)ccc2Cl)ccc(C#N)c1=O. The summed E-state index contributed by atoms with van der Waals surface area (Å²) in [7, 11) is 0. The molecule has 0 amide bonds. The van der Waals surface area contributed by atoms with Crippen molar-refractivity contribution in [1.29, 1.82) is 5.26 Å². The Hall–Kier alpha value is -1.76. The van der Waals surface area contributed by atoms with Crippen LogP contribution in [0, 0.1) is 11.3 Å². The number of pyridine rings is 1. The number of benzene rings is 1. The minimum Gasteiger partial charge on any atom is -0.307 e. The second-order valence-electron chi connectivity index (χ2n) is 3.92. The summed E-state index contributed by atoms with van der Waals surface area (Å²) in [5.74, 6) is 0. The number of nitrogens with zero attached hydrogens (tertiary/aromatic N) is 2. The highest BCUT2D eigenvalue weighted by atomic mass is 35.5. The predicted octanol–water partition coefficient (Wildman–Crippen LogP) is 3.71. The summed E-state index contributed by atoms with van der Waals surface area (Å²) >= 11 is 12.1. The van der Waals surface area contributed by atoms with Gasteiger partial charge >= 0.3 is 0 Å². The summed E-state index contributed by atoms with van der Waals surface area (Å²) in [6.45, 7) is 2.29. The first-order valence-electron chi connectivity index (χ1n) is 5.67. The van der Waals surface area contributed by atoms with E-state index in [0.717, 1.165) is 0 Å². The Kier molecular flexibility index (Phi) is 3.94. The first kappa shape index (κ1) is 13.7. The largest absolute Gasteiger partial charge is 0.307 e. The van der Waals surface area contributed by atoms with E-state index in [2.05, 4.69) is 0 Å². The molecule has 0 bridgehead atoms. The van der Waals surface area contributed by atoms with Crippen LogP contribution in [-0.2, 0) is 6.54 Å². The lowest BCUT2D eigenvalue weighted by Crippen LogP contribution is -2.23. The molecule has 5 heteroatoms. The molecular formula is C14H10Cl2N2O. The fourth-order valence-electron chi connectivity index (χ4n) is 1.91. The number of rotatable bonds is 2. The van der Waals surface area contributed by atoms with Crippen LogP contribution in [0.3, 0.4) is 0 Å². The van der Waals surface area contributed by atoms with Gasteiger partial charge in [-0.2, -0.15) is 5.26 Å². The molecule has 0 unspecified atom stereocenters. The highest BCUT2D eigenvalue weighted by Gasteiger charge is 2.12. The molecular weight excluding hydrogens is 283 g/mol. The summed E-state index contributed by atoms with van der Waals surface area (Å²) in [6.07, 6.45) is 0. The van der Waals surface area contributed by atoms with Crippen molar-refractivity contribution in [1.82, 2.24) is 4.57 Å². The summed E-state index contributed by atoms with van der Waals surface area (Å²) in [5, 5.41) is 9.94. The minimum atomic E-state index is -0.321. The highest BCUT2D eigenvalue weighted by Crippen LogP contribution is 2.30. The monoisotopic (exact) mass is 292 g/mol. The predicted molar refractivity (Wildman–Crippen MR) is 76.5 cm³/mol. The molecule has 1 aromatic heterocycles. The molecule has 19 heavy (non-hydrogen) atoms. The van der Waals surface area contributed by atoms with Crippen LogP contribution in [-0.4, -0.2) is 4.57 Å². The van der Waals surface area contributed by atoms with Crippen LogP contribution in [0.15, 0.2) is 35.1 Å². The van der Waals surface area contributed by atoms with E-state index in [1.165, 1.54) is 10.6 Å². The molecule has 2 rings (SSSR count). The van der Waals surface area contributed by atoms with E-state index in [4.69, 9.17) is 28.5 Å². The average Bonchev–Trinajstić information content (AvgIpc) is 2.41. The summed E-state index contributed by atoms with van der Waals surface area (Å²) in [5.41, 5.74) is 1.12. The van der Waals surface area contributed by atoms with E-state index < -0.39 is 0 Å². The molecule has 0 saturated carbocycles. The smallest absolute Gasteiger partial charge is 0.268 e. The topological polar surface area (TPSA) is 45.8 Å². The first-order chi connectivity index (χ1) is 9.08. The van der Waals surface area contributed by atoms with Crippen molar-refractivity contribution in [2.75, 3.05) is 0 Å². The van der Waals surface area contributed by atoms with Gasteiger partial charge in [0.2, 0.25) is 0 Å². The van der Waals surface area contributed by atoms with Gasteiger partial charge in [0.05, 0.1) is 5.69 Å². The minimum absolute atomic E-state index is 0.115. The zero-order valence-electron chi connectivity index (χ0n) is 10.2. The van der Waals surface area contributed by atoms with Crippen LogP contribution in [0.4, 0.5) is 0 Å². The molecule has 1 aromatic carbocycles. The molecule has 0 aliphatic carbocycles. The van der Waals surface area contributed by atoms with Gasteiger partial charge in [-0.05, 0) is 37.3 Å². The van der Waals surface area contributed by atoms with E-state index in [1.807, 2.05) is 13.0 Å². The van der Waals surface area contributed by atoms with Crippen LogP contribution < -0.4 is 5.56 Å². The summed E-state index contributed by atoms with van der Waals surface area (Å²) in [4.78, 5) is 12.1. The molecule has 2 aromatic rings. The Morgan fingerprint density at radius 3 is 2.63 bits per heavy atom. The third-order valence-corrected chi connectivity index (χ3v) is 3.38. The third kappa shape index (κ3) is 2.51.